The van der Waals surface area contributed by atoms with Crippen molar-refractivity contribution in [2.45, 2.75) is 71.1 Å². The molecule has 0 radical (unpaired) electrons. The van der Waals surface area contributed by atoms with E-state index >= 15 is 0 Å². The number of nitrogens with zero attached hydrogens (tertiary/aromatic N) is 2. The molecule has 0 aliphatic heterocycles. The highest BCUT2D eigenvalue weighted by Crippen LogP contribution is 2.26. The second kappa shape index (κ2) is 9.55. The number of unbranched alkanes of at least 4 members (excludes halogenated alkanes) is 4. The van der Waals surface area contributed by atoms with Gasteiger partial charge in [-0.2, -0.15) is 5.26 Å². The summed E-state index contributed by atoms with van der Waals surface area (Å²) in [5.41, 5.74) is 1.83. The molecule has 2 nitrogen and oxygen atoms in total. The Balaban J connectivity index is 2.61. The summed E-state index contributed by atoms with van der Waals surface area (Å²) >= 11 is 0. The summed E-state index contributed by atoms with van der Waals surface area (Å²) in [4.78, 5) is 4.48. The Morgan fingerprint density at radius 3 is 2.11 bits per heavy atom. The van der Waals surface area contributed by atoms with Gasteiger partial charge in [0.05, 0.1) is 5.56 Å². The summed E-state index contributed by atoms with van der Waals surface area (Å²) in [5.74, 6) is 0.575. The van der Waals surface area contributed by atoms with E-state index in [0.29, 0.717) is 11.5 Å². The highest BCUT2D eigenvalue weighted by atomic mass is 14.7. The molecule has 1 aromatic rings. The summed E-state index contributed by atoms with van der Waals surface area (Å²) in [6.45, 7) is 4.48. The first-order valence-corrected chi connectivity index (χ1v) is 7.67. The fourth-order valence-electron chi connectivity index (χ4n) is 2.43. The van der Waals surface area contributed by atoms with E-state index in [4.69, 9.17) is 5.26 Å². The van der Waals surface area contributed by atoms with Crippen LogP contribution in [-0.2, 0) is 0 Å². The Hall–Kier alpha value is -1.36. The topological polar surface area (TPSA) is 36.7 Å². The molecule has 0 bridgehead atoms. The first kappa shape index (κ1) is 15.7. The van der Waals surface area contributed by atoms with Gasteiger partial charge in [0.15, 0.2) is 0 Å². The Morgan fingerprint density at radius 2 is 1.68 bits per heavy atom. The van der Waals surface area contributed by atoms with Crippen LogP contribution in [0.2, 0.25) is 0 Å². The van der Waals surface area contributed by atoms with Gasteiger partial charge in [0.2, 0.25) is 0 Å². The van der Waals surface area contributed by atoms with Crippen molar-refractivity contribution in [3.05, 3.63) is 29.6 Å². The van der Waals surface area contributed by atoms with Crippen molar-refractivity contribution in [3.8, 4) is 6.07 Å². The zero-order valence-electron chi connectivity index (χ0n) is 12.4. The molecule has 0 atom stereocenters. The third-order valence-electron chi connectivity index (χ3n) is 3.65. The maximum Gasteiger partial charge on any atom is 0.101 e. The largest absolute Gasteiger partial charge is 0.260 e. The van der Waals surface area contributed by atoms with Crippen LogP contribution in [0.1, 0.15) is 82.4 Å². The van der Waals surface area contributed by atoms with Crippen molar-refractivity contribution in [1.82, 2.24) is 4.98 Å². The molecule has 0 aliphatic carbocycles. The van der Waals surface area contributed by atoms with E-state index in [1.807, 2.05) is 12.1 Å². The van der Waals surface area contributed by atoms with Crippen molar-refractivity contribution in [1.29, 1.82) is 5.26 Å². The lowest BCUT2D eigenvalue weighted by atomic mass is 9.91. The van der Waals surface area contributed by atoms with Gasteiger partial charge >= 0.3 is 0 Å². The molecule has 0 aliphatic rings. The Labute approximate surface area is 117 Å². The highest BCUT2D eigenvalue weighted by molar-refractivity contribution is 5.27. The molecule has 0 fully saturated rings. The fraction of sp³-hybridized carbons (Fsp3) is 0.647. The molecule has 2 heteroatoms. The maximum atomic E-state index is 8.82. The average Bonchev–Trinajstić information content (AvgIpc) is 2.46. The SMILES string of the molecule is CCCCCC(CCCCC)c1ccc(C#N)cn1. The van der Waals surface area contributed by atoms with Crippen LogP contribution in [-0.4, -0.2) is 4.98 Å². The standard InChI is InChI=1S/C17H26N2/c1-3-5-7-9-16(10-8-6-4-2)17-12-11-15(13-18)14-19-17/h11-12,14,16H,3-10H2,1-2H3. The Bertz CT molecular complexity index is 365. The minimum absolute atomic E-state index is 0.575. The van der Waals surface area contributed by atoms with E-state index in [9.17, 15) is 0 Å². The first-order chi connectivity index (χ1) is 9.31. The van der Waals surface area contributed by atoms with Crippen LogP contribution >= 0.6 is 0 Å². The normalized spacial score (nSPS) is 10.6. The third kappa shape index (κ3) is 5.87. The molecule has 1 heterocycles. The van der Waals surface area contributed by atoms with Gasteiger partial charge in [0, 0.05) is 17.8 Å². The molecule has 1 rings (SSSR count). The van der Waals surface area contributed by atoms with E-state index in [-0.39, 0.29) is 0 Å². The van der Waals surface area contributed by atoms with Crippen LogP contribution in [0.5, 0.6) is 0 Å². The first-order valence-electron chi connectivity index (χ1n) is 7.67. The monoisotopic (exact) mass is 258 g/mol. The minimum atomic E-state index is 0.575. The molecule has 0 saturated heterocycles. The van der Waals surface area contributed by atoms with Gasteiger partial charge in [-0.25, -0.2) is 0 Å². The van der Waals surface area contributed by atoms with Crippen LogP contribution in [0.4, 0.5) is 0 Å². The van der Waals surface area contributed by atoms with E-state index in [1.54, 1.807) is 6.20 Å². The Morgan fingerprint density at radius 1 is 1.05 bits per heavy atom. The number of hydrogen-bond acceptors (Lipinski definition) is 2. The lowest BCUT2D eigenvalue weighted by molar-refractivity contribution is 0.498. The molecule has 19 heavy (non-hydrogen) atoms. The molecule has 0 N–H and O–H groups in total. The van der Waals surface area contributed by atoms with Gasteiger partial charge < -0.3 is 0 Å². The van der Waals surface area contributed by atoms with Crippen molar-refractivity contribution in [3.63, 3.8) is 0 Å². The van der Waals surface area contributed by atoms with Gasteiger partial charge in [-0.3, -0.25) is 4.98 Å². The van der Waals surface area contributed by atoms with Crippen molar-refractivity contribution in [2.75, 3.05) is 0 Å². The fourth-order valence-corrected chi connectivity index (χ4v) is 2.43. The summed E-state index contributed by atoms with van der Waals surface area (Å²) in [6.07, 6.45) is 11.9. The molecule has 0 aromatic carbocycles. The van der Waals surface area contributed by atoms with Gasteiger partial charge in [-0.1, -0.05) is 52.4 Å². The predicted octanol–water partition coefficient (Wildman–Crippen LogP) is 5.20. The molecule has 0 spiro atoms. The molecule has 0 saturated carbocycles. The molecular weight excluding hydrogens is 232 g/mol. The van der Waals surface area contributed by atoms with Crippen molar-refractivity contribution < 1.29 is 0 Å². The number of hydrogen-bond donors (Lipinski definition) is 0. The summed E-state index contributed by atoms with van der Waals surface area (Å²) in [7, 11) is 0. The molecule has 0 unspecified atom stereocenters. The summed E-state index contributed by atoms with van der Waals surface area (Å²) < 4.78 is 0. The second-order valence-corrected chi connectivity index (χ2v) is 5.27. The maximum absolute atomic E-state index is 8.82. The van der Waals surface area contributed by atoms with Gasteiger partial charge in [-0.15, -0.1) is 0 Å². The van der Waals surface area contributed by atoms with Crippen LogP contribution in [0.15, 0.2) is 18.3 Å². The van der Waals surface area contributed by atoms with E-state index in [2.05, 4.69) is 24.9 Å². The smallest absolute Gasteiger partial charge is 0.101 e. The van der Waals surface area contributed by atoms with E-state index in [0.717, 1.165) is 0 Å². The molecular formula is C17H26N2. The average molecular weight is 258 g/mol. The van der Waals surface area contributed by atoms with Crippen LogP contribution in [0.25, 0.3) is 0 Å². The van der Waals surface area contributed by atoms with Crippen molar-refractivity contribution >= 4 is 0 Å². The van der Waals surface area contributed by atoms with Gasteiger partial charge in [0.25, 0.3) is 0 Å². The molecule has 0 amide bonds. The number of rotatable bonds is 9. The second-order valence-electron chi connectivity index (χ2n) is 5.27. The number of pyridine rings is 1. The predicted molar refractivity (Wildman–Crippen MR) is 80.0 cm³/mol. The Kier molecular flexibility index (Phi) is 7.89. The van der Waals surface area contributed by atoms with Crippen LogP contribution in [0.3, 0.4) is 0 Å². The van der Waals surface area contributed by atoms with E-state index in [1.165, 1.54) is 57.1 Å². The van der Waals surface area contributed by atoms with Crippen molar-refractivity contribution in [2.24, 2.45) is 0 Å². The lowest BCUT2D eigenvalue weighted by Gasteiger charge is -2.16. The molecule has 1 aromatic heterocycles. The molecule has 104 valence electrons. The zero-order valence-corrected chi connectivity index (χ0v) is 12.4. The van der Waals surface area contributed by atoms with Gasteiger partial charge in [-0.05, 0) is 25.0 Å². The minimum Gasteiger partial charge on any atom is -0.260 e. The third-order valence-corrected chi connectivity index (χ3v) is 3.65. The quantitative estimate of drug-likeness (QED) is 0.571. The number of nitriles is 1. The zero-order chi connectivity index (χ0) is 13.9. The van der Waals surface area contributed by atoms with Gasteiger partial charge in [0.1, 0.15) is 6.07 Å². The van der Waals surface area contributed by atoms with E-state index < -0.39 is 0 Å². The summed E-state index contributed by atoms with van der Waals surface area (Å²) in [5, 5.41) is 8.82. The summed E-state index contributed by atoms with van der Waals surface area (Å²) in [6, 6.07) is 6.08. The lowest BCUT2D eigenvalue weighted by Crippen LogP contribution is -2.02. The van der Waals surface area contributed by atoms with Crippen LogP contribution in [0, 0.1) is 11.3 Å². The van der Waals surface area contributed by atoms with Crippen LogP contribution < -0.4 is 0 Å². The highest BCUT2D eigenvalue weighted by Gasteiger charge is 2.12. The number of aromatic nitrogens is 1.